The van der Waals surface area contributed by atoms with Gasteiger partial charge in [-0.05, 0) is 31.1 Å². The summed E-state index contributed by atoms with van der Waals surface area (Å²) in [7, 11) is 0. The van der Waals surface area contributed by atoms with Gasteiger partial charge in [0, 0.05) is 19.3 Å². The first-order chi connectivity index (χ1) is 17.3. The summed E-state index contributed by atoms with van der Waals surface area (Å²) >= 11 is 0. The molecule has 0 saturated carbocycles. The van der Waals surface area contributed by atoms with E-state index in [1.54, 1.807) is 0 Å². The van der Waals surface area contributed by atoms with Gasteiger partial charge in [-0.1, -0.05) is 137 Å². The van der Waals surface area contributed by atoms with Gasteiger partial charge >= 0.3 is 11.9 Å². The molecule has 0 aromatic rings. The van der Waals surface area contributed by atoms with Crippen LogP contribution < -0.4 is 0 Å². The molecule has 0 atom stereocenters. The van der Waals surface area contributed by atoms with Crippen molar-refractivity contribution < 1.29 is 19.1 Å². The van der Waals surface area contributed by atoms with Gasteiger partial charge in [-0.25, -0.2) is 0 Å². The summed E-state index contributed by atoms with van der Waals surface area (Å²) in [5.74, 6) is 1.16. The fourth-order valence-corrected chi connectivity index (χ4v) is 4.53. The molecule has 0 aromatic carbocycles. The zero-order valence-electron chi connectivity index (χ0n) is 24.9. The maximum atomic E-state index is 12.3. The summed E-state index contributed by atoms with van der Waals surface area (Å²) in [6, 6.07) is 0. The molecule has 0 bridgehead atoms. The molecule has 214 valence electrons. The van der Waals surface area contributed by atoms with Gasteiger partial charge in [0.05, 0.1) is 0 Å². The lowest BCUT2D eigenvalue weighted by atomic mass is 10.0. The largest absolute Gasteiger partial charge is 0.425 e. The summed E-state index contributed by atoms with van der Waals surface area (Å²) in [5.41, 5.74) is 0. The molecule has 0 saturated heterocycles. The van der Waals surface area contributed by atoms with Crippen LogP contribution in [0.25, 0.3) is 0 Å². The van der Waals surface area contributed by atoms with Crippen LogP contribution >= 0.6 is 0 Å². The number of esters is 2. The Kier molecular flexibility index (Phi) is 24.8. The van der Waals surface area contributed by atoms with Crippen LogP contribution in [0.15, 0.2) is 0 Å². The molecular formula is C32H62O4. The van der Waals surface area contributed by atoms with Crippen molar-refractivity contribution >= 4 is 11.9 Å². The summed E-state index contributed by atoms with van der Waals surface area (Å²) in [6.45, 7) is 11.3. The Morgan fingerprint density at radius 2 is 0.806 bits per heavy atom. The van der Waals surface area contributed by atoms with Crippen LogP contribution in [0, 0.1) is 11.8 Å². The van der Waals surface area contributed by atoms with Crippen LogP contribution in [0.1, 0.15) is 176 Å². The van der Waals surface area contributed by atoms with Crippen LogP contribution in [-0.4, -0.2) is 18.2 Å². The molecule has 4 nitrogen and oxygen atoms in total. The summed E-state index contributed by atoms with van der Waals surface area (Å²) in [4.78, 5) is 24.7. The Hall–Kier alpha value is -1.06. The van der Waals surface area contributed by atoms with E-state index in [-0.39, 0.29) is 11.9 Å². The molecule has 0 spiro atoms. The van der Waals surface area contributed by atoms with E-state index in [2.05, 4.69) is 34.6 Å². The molecule has 0 amide bonds. The van der Waals surface area contributed by atoms with Gasteiger partial charge in [-0.2, -0.15) is 0 Å². The Morgan fingerprint density at radius 3 is 1.17 bits per heavy atom. The van der Waals surface area contributed by atoms with Gasteiger partial charge in [0.15, 0.2) is 0 Å². The lowest BCUT2D eigenvalue weighted by molar-refractivity contribution is -0.189. The van der Waals surface area contributed by atoms with E-state index in [4.69, 9.17) is 9.47 Å². The SMILES string of the molecule is CCCCCC(OC(=O)CCCCCCCCCC(C)C)OC(=O)CCCCCCCCCC(C)C. The van der Waals surface area contributed by atoms with E-state index in [1.165, 1.54) is 77.0 Å². The quantitative estimate of drug-likeness (QED) is 0.0659. The monoisotopic (exact) mass is 510 g/mol. The van der Waals surface area contributed by atoms with Gasteiger partial charge in [0.2, 0.25) is 6.29 Å². The summed E-state index contributed by atoms with van der Waals surface area (Å²) < 4.78 is 11.1. The van der Waals surface area contributed by atoms with E-state index in [1.807, 2.05) is 0 Å². The van der Waals surface area contributed by atoms with Crippen molar-refractivity contribution in [3.05, 3.63) is 0 Å². The lowest BCUT2D eigenvalue weighted by Gasteiger charge is -2.18. The van der Waals surface area contributed by atoms with Crippen LogP contribution in [0.3, 0.4) is 0 Å². The van der Waals surface area contributed by atoms with Gasteiger partial charge in [0.1, 0.15) is 0 Å². The van der Waals surface area contributed by atoms with E-state index in [9.17, 15) is 9.59 Å². The van der Waals surface area contributed by atoms with Gasteiger partial charge in [0.25, 0.3) is 0 Å². The molecule has 36 heavy (non-hydrogen) atoms. The Balaban J connectivity index is 3.96. The van der Waals surface area contributed by atoms with E-state index in [0.717, 1.165) is 56.8 Å². The molecule has 0 heterocycles. The van der Waals surface area contributed by atoms with Crippen LogP contribution in [0.4, 0.5) is 0 Å². The number of carbonyl (C=O) groups is 2. The topological polar surface area (TPSA) is 52.6 Å². The van der Waals surface area contributed by atoms with E-state index >= 15 is 0 Å². The first kappa shape index (κ1) is 34.9. The number of hydrogen-bond acceptors (Lipinski definition) is 4. The van der Waals surface area contributed by atoms with Gasteiger partial charge < -0.3 is 9.47 Å². The number of hydrogen-bond donors (Lipinski definition) is 0. The highest BCUT2D eigenvalue weighted by molar-refractivity contribution is 5.71. The predicted octanol–water partition coefficient (Wildman–Crippen LogP) is 10.3. The number of ether oxygens (including phenoxy) is 2. The maximum Gasteiger partial charge on any atom is 0.308 e. The Bertz CT molecular complexity index is 460. The molecule has 4 heteroatoms. The smallest absolute Gasteiger partial charge is 0.308 e. The molecule has 0 unspecified atom stereocenters. The second kappa shape index (κ2) is 25.6. The van der Waals surface area contributed by atoms with Gasteiger partial charge in [-0.3, -0.25) is 9.59 Å². The molecule has 0 aliphatic heterocycles. The molecule has 0 aromatic heterocycles. The first-order valence-corrected chi connectivity index (χ1v) is 15.7. The van der Waals surface area contributed by atoms with Crippen LogP contribution in [0.2, 0.25) is 0 Å². The fourth-order valence-electron chi connectivity index (χ4n) is 4.53. The summed E-state index contributed by atoms with van der Waals surface area (Å²) in [6.07, 6.45) is 23.1. The van der Waals surface area contributed by atoms with Crippen molar-refractivity contribution in [3.63, 3.8) is 0 Å². The van der Waals surface area contributed by atoms with Crippen molar-refractivity contribution in [2.45, 2.75) is 182 Å². The molecule has 0 rings (SSSR count). The lowest BCUT2D eigenvalue weighted by Crippen LogP contribution is -2.24. The second-order valence-electron chi connectivity index (χ2n) is 11.7. The Labute approximate surface area is 225 Å². The van der Waals surface area contributed by atoms with Crippen molar-refractivity contribution in [1.82, 2.24) is 0 Å². The van der Waals surface area contributed by atoms with Crippen LogP contribution in [0.5, 0.6) is 0 Å². The first-order valence-electron chi connectivity index (χ1n) is 15.7. The van der Waals surface area contributed by atoms with Gasteiger partial charge in [-0.15, -0.1) is 0 Å². The minimum Gasteiger partial charge on any atom is -0.425 e. The average molecular weight is 511 g/mol. The Morgan fingerprint density at radius 1 is 0.472 bits per heavy atom. The maximum absolute atomic E-state index is 12.3. The zero-order valence-corrected chi connectivity index (χ0v) is 24.9. The molecule has 0 aliphatic carbocycles. The third kappa shape index (κ3) is 26.0. The van der Waals surface area contributed by atoms with E-state index < -0.39 is 6.29 Å². The second-order valence-corrected chi connectivity index (χ2v) is 11.7. The highest BCUT2D eigenvalue weighted by atomic mass is 16.7. The minimum atomic E-state index is -0.710. The fraction of sp³-hybridized carbons (Fsp3) is 0.938. The van der Waals surface area contributed by atoms with Crippen molar-refractivity contribution in [2.75, 3.05) is 0 Å². The minimum absolute atomic E-state index is 0.223. The number of carbonyl (C=O) groups excluding carboxylic acids is 2. The van der Waals surface area contributed by atoms with Crippen molar-refractivity contribution in [3.8, 4) is 0 Å². The molecule has 0 N–H and O–H groups in total. The third-order valence-electron chi connectivity index (χ3n) is 6.89. The predicted molar refractivity (Wildman–Crippen MR) is 153 cm³/mol. The standard InChI is InChI=1S/C32H62O4/c1-6-7-18-27-32(35-30(33)25-21-16-12-8-10-14-19-23-28(2)3)36-31(34)26-22-17-13-9-11-15-20-24-29(4)5/h28-29,32H,6-27H2,1-5H3. The number of unbranched alkanes of at least 4 members (excludes halogenated alkanes) is 14. The molecule has 0 radical (unpaired) electrons. The highest BCUT2D eigenvalue weighted by Crippen LogP contribution is 2.16. The highest BCUT2D eigenvalue weighted by Gasteiger charge is 2.18. The third-order valence-corrected chi connectivity index (χ3v) is 6.89. The number of rotatable bonds is 26. The summed E-state index contributed by atoms with van der Waals surface area (Å²) in [5, 5.41) is 0. The van der Waals surface area contributed by atoms with E-state index in [0.29, 0.717) is 19.3 Å². The molecule has 0 aliphatic rings. The van der Waals surface area contributed by atoms with Crippen molar-refractivity contribution in [2.24, 2.45) is 11.8 Å². The molecular weight excluding hydrogens is 448 g/mol. The van der Waals surface area contributed by atoms with Crippen LogP contribution in [-0.2, 0) is 19.1 Å². The normalized spacial score (nSPS) is 11.6. The average Bonchev–Trinajstić information content (AvgIpc) is 2.81. The van der Waals surface area contributed by atoms with Crippen molar-refractivity contribution in [1.29, 1.82) is 0 Å². The molecule has 0 fully saturated rings. The zero-order chi connectivity index (χ0) is 26.9.